The van der Waals surface area contributed by atoms with Crippen molar-refractivity contribution in [3.05, 3.63) is 113 Å². The number of benzene rings is 3. The predicted molar refractivity (Wildman–Crippen MR) is 169 cm³/mol. The fourth-order valence-electron chi connectivity index (χ4n) is 5.03. The summed E-state index contributed by atoms with van der Waals surface area (Å²) in [5.41, 5.74) is 2.55. The van der Waals surface area contributed by atoms with Gasteiger partial charge >= 0.3 is 5.97 Å². The van der Waals surface area contributed by atoms with Gasteiger partial charge in [-0.05, 0) is 61.4 Å². The fourth-order valence-corrected chi connectivity index (χ4v) is 6.28. The van der Waals surface area contributed by atoms with E-state index in [1.165, 1.54) is 37.2 Å². The standard InChI is InChI=1S/C33H31ClN2O7S/c1-6-42-32(38)28-19(2)35-33-36(29(28)22-15-25(39-3)30(41-5)26(16-22)40-4)31(37)27(44-33)17-21-11-7-8-13-24(21)43-18-20-10-9-12-23(34)14-20/h7-17,29H,6,18H2,1-5H3/b27-17-/t29-/m0/s1. The molecular weight excluding hydrogens is 604 g/mol. The van der Waals surface area contributed by atoms with Gasteiger partial charge in [-0.15, -0.1) is 0 Å². The van der Waals surface area contributed by atoms with Crippen LogP contribution in [0.5, 0.6) is 23.0 Å². The summed E-state index contributed by atoms with van der Waals surface area (Å²) in [5.74, 6) is 1.18. The lowest BCUT2D eigenvalue weighted by molar-refractivity contribution is -0.139. The van der Waals surface area contributed by atoms with Crippen LogP contribution in [0.1, 0.15) is 36.6 Å². The summed E-state index contributed by atoms with van der Waals surface area (Å²) in [6, 6.07) is 17.5. The molecule has 1 aliphatic heterocycles. The fraction of sp³-hybridized carbons (Fsp3) is 0.242. The lowest BCUT2D eigenvalue weighted by Crippen LogP contribution is -2.40. The van der Waals surface area contributed by atoms with E-state index >= 15 is 0 Å². The first-order chi connectivity index (χ1) is 21.3. The van der Waals surface area contributed by atoms with E-state index in [0.717, 1.165) is 5.56 Å². The van der Waals surface area contributed by atoms with Gasteiger partial charge in [0.1, 0.15) is 12.4 Å². The van der Waals surface area contributed by atoms with E-state index in [0.29, 0.717) is 60.8 Å². The van der Waals surface area contributed by atoms with Crippen molar-refractivity contribution in [3.8, 4) is 23.0 Å². The summed E-state index contributed by atoms with van der Waals surface area (Å²) in [7, 11) is 4.52. The molecule has 0 saturated carbocycles. The Labute approximate surface area is 263 Å². The highest BCUT2D eigenvalue weighted by atomic mass is 35.5. The number of fused-ring (bicyclic) bond motifs is 1. The van der Waals surface area contributed by atoms with E-state index in [4.69, 9.17) is 35.3 Å². The molecule has 3 aromatic carbocycles. The van der Waals surface area contributed by atoms with Gasteiger partial charge in [-0.2, -0.15) is 0 Å². The van der Waals surface area contributed by atoms with Crippen molar-refractivity contribution >= 4 is 35.0 Å². The van der Waals surface area contributed by atoms with E-state index in [9.17, 15) is 9.59 Å². The highest BCUT2D eigenvalue weighted by Gasteiger charge is 2.34. The molecule has 9 nitrogen and oxygen atoms in total. The van der Waals surface area contributed by atoms with E-state index in [-0.39, 0.29) is 17.7 Å². The number of hydrogen-bond acceptors (Lipinski definition) is 9. The predicted octanol–water partition coefficient (Wildman–Crippen LogP) is 5.06. The van der Waals surface area contributed by atoms with Crippen molar-refractivity contribution in [1.29, 1.82) is 0 Å². The van der Waals surface area contributed by atoms with Crippen LogP contribution in [0, 0.1) is 0 Å². The van der Waals surface area contributed by atoms with Gasteiger partial charge in [0.05, 0.1) is 49.8 Å². The van der Waals surface area contributed by atoms with Crippen LogP contribution >= 0.6 is 22.9 Å². The van der Waals surface area contributed by atoms with Crippen LogP contribution in [0.4, 0.5) is 0 Å². The van der Waals surface area contributed by atoms with E-state index < -0.39 is 12.0 Å². The Morgan fingerprint density at radius 2 is 1.73 bits per heavy atom. The van der Waals surface area contributed by atoms with Gasteiger partial charge in [-0.1, -0.05) is 53.3 Å². The molecule has 0 radical (unpaired) electrons. The van der Waals surface area contributed by atoms with Crippen molar-refractivity contribution in [3.63, 3.8) is 0 Å². The molecule has 0 saturated heterocycles. The van der Waals surface area contributed by atoms with Crippen molar-refractivity contribution in [2.75, 3.05) is 27.9 Å². The Morgan fingerprint density at radius 3 is 2.39 bits per heavy atom. The maximum Gasteiger partial charge on any atom is 0.338 e. The first-order valence-electron chi connectivity index (χ1n) is 13.7. The highest BCUT2D eigenvalue weighted by molar-refractivity contribution is 7.07. The molecule has 11 heteroatoms. The van der Waals surface area contributed by atoms with Crippen molar-refractivity contribution in [2.45, 2.75) is 26.5 Å². The number of thiazole rings is 1. The van der Waals surface area contributed by atoms with Crippen LogP contribution in [-0.2, 0) is 16.1 Å². The van der Waals surface area contributed by atoms with Gasteiger partial charge in [0.15, 0.2) is 16.3 Å². The second-order valence-corrected chi connectivity index (χ2v) is 11.2. The Morgan fingerprint density at radius 1 is 1.00 bits per heavy atom. The molecule has 0 amide bonds. The van der Waals surface area contributed by atoms with Gasteiger partial charge in [-0.3, -0.25) is 9.36 Å². The number of esters is 1. The monoisotopic (exact) mass is 634 g/mol. The Kier molecular flexibility index (Phi) is 9.41. The SMILES string of the molecule is CCOC(=O)C1=C(C)N=c2s/c(=C\c3ccccc3OCc3cccc(Cl)c3)c(=O)n2[C@H]1c1cc(OC)c(OC)c(OC)c1. The quantitative estimate of drug-likeness (QED) is 0.225. The van der Waals surface area contributed by atoms with E-state index in [1.807, 2.05) is 42.5 Å². The minimum absolute atomic E-state index is 0.161. The number of allylic oxidation sites excluding steroid dienone is 1. The summed E-state index contributed by atoms with van der Waals surface area (Å²) in [4.78, 5) is 32.6. The van der Waals surface area contributed by atoms with E-state index in [1.54, 1.807) is 38.1 Å². The van der Waals surface area contributed by atoms with Gasteiger partial charge in [0.2, 0.25) is 5.75 Å². The average Bonchev–Trinajstić information content (AvgIpc) is 3.32. The summed E-state index contributed by atoms with van der Waals surface area (Å²) >= 11 is 7.36. The van der Waals surface area contributed by atoms with Crippen LogP contribution in [-0.4, -0.2) is 38.5 Å². The zero-order chi connectivity index (χ0) is 31.4. The number of nitrogens with zero attached hydrogens (tertiary/aromatic N) is 2. The van der Waals surface area contributed by atoms with Crippen LogP contribution in [0.2, 0.25) is 5.02 Å². The average molecular weight is 635 g/mol. The normalized spacial score (nSPS) is 14.5. The smallest absolute Gasteiger partial charge is 0.338 e. The van der Waals surface area contributed by atoms with Gasteiger partial charge < -0.3 is 23.7 Å². The largest absolute Gasteiger partial charge is 0.493 e. The van der Waals surface area contributed by atoms with Crippen LogP contribution < -0.4 is 33.8 Å². The van der Waals surface area contributed by atoms with Gasteiger partial charge in [0, 0.05) is 10.6 Å². The number of methoxy groups -OCH3 is 3. The molecule has 4 aromatic rings. The van der Waals surface area contributed by atoms with Crippen molar-refractivity contribution in [2.24, 2.45) is 4.99 Å². The Balaban J connectivity index is 1.66. The zero-order valence-electron chi connectivity index (χ0n) is 24.9. The number of carbonyl (C=O) groups excluding carboxylic acids is 1. The second kappa shape index (κ2) is 13.4. The molecule has 1 aromatic heterocycles. The lowest BCUT2D eigenvalue weighted by Gasteiger charge is -2.26. The third-order valence-electron chi connectivity index (χ3n) is 7.01. The Bertz CT molecular complexity index is 1900. The molecular formula is C33H31ClN2O7S. The highest BCUT2D eigenvalue weighted by Crippen LogP contribution is 2.42. The molecule has 5 rings (SSSR count). The third-order valence-corrected chi connectivity index (χ3v) is 8.23. The Hall–Kier alpha value is -4.54. The maximum atomic E-state index is 14.2. The van der Waals surface area contributed by atoms with Crippen molar-refractivity contribution in [1.82, 2.24) is 4.57 Å². The number of hydrogen-bond donors (Lipinski definition) is 0. The zero-order valence-corrected chi connectivity index (χ0v) is 26.5. The first-order valence-corrected chi connectivity index (χ1v) is 14.9. The molecule has 2 heterocycles. The molecule has 0 unspecified atom stereocenters. The number of halogens is 1. The molecule has 0 aliphatic carbocycles. The molecule has 228 valence electrons. The lowest BCUT2D eigenvalue weighted by atomic mass is 9.95. The summed E-state index contributed by atoms with van der Waals surface area (Å²) in [6.45, 7) is 3.92. The number of aromatic nitrogens is 1. The topological polar surface area (TPSA) is 97.6 Å². The minimum Gasteiger partial charge on any atom is -0.493 e. The van der Waals surface area contributed by atoms with Gasteiger partial charge in [-0.25, -0.2) is 9.79 Å². The molecule has 0 bridgehead atoms. The minimum atomic E-state index is -0.865. The van der Waals surface area contributed by atoms with Crippen LogP contribution in [0.25, 0.3) is 6.08 Å². The second-order valence-electron chi connectivity index (χ2n) is 9.72. The number of rotatable bonds is 10. The first kappa shape index (κ1) is 30.9. The maximum absolute atomic E-state index is 14.2. The third kappa shape index (κ3) is 6.09. The summed E-state index contributed by atoms with van der Waals surface area (Å²) in [6.07, 6.45) is 1.77. The molecule has 1 aliphatic rings. The number of carbonyl (C=O) groups is 1. The molecule has 44 heavy (non-hydrogen) atoms. The molecule has 1 atom stereocenters. The molecule has 0 N–H and O–H groups in total. The molecule has 0 spiro atoms. The van der Waals surface area contributed by atoms with Crippen LogP contribution in [0.15, 0.2) is 81.7 Å². The number of ether oxygens (including phenoxy) is 5. The van der Waals surface area contributed by atoms with Crippen LogP contribution in [0.3, 0.4) is 0 Å². The van der Waals surface area contributed by atoms with Crippen molar-refractivity contribution < 1.29 is 28.5 Å². The summed E-state index contributed by atoms with van der Waals surface area (Å²) in [5, 5.41) is 0.625. The molecule has 0 fully saturated rings. The summed E-state index contributed by atoms with van der Waals surface area (Å²) < 4.78 is 30.1. The van der Waals surface area contributed by atoms with E-state index in [2.05, 4.69) is 4.99 Å². The van der Waals surface area contributed by atoms with Gasteiger partial charge in [0.25, 0.3) is 5.56 Å². The number of para-hydroxylation sites is 1.